The van der Waals surface area contributed by atoms with Gasteiger partial charge in [-0.05, 0) is 11.5 Å². The van der Waals surface area contributed by atoms with Crippen LogP contribution in [0.4, 0.5) is 24.0 Å². The molecule has 0 aliphatic carbocycles. The molecule has 0 aliphatic heterocycles. The number of aromatic nitrogens is 1. The normalized spacial score (nSPS) is 11.5. The molecule has 0 fully saturated rings. The fourth-order valence-electron chi connectivity index (χ4n) is 1.06. The molecule has 0 saturated heterocycles. The van der Waals surface area contributed by atoms with Crippen LogP contribution in [0.5, 0.6) is 5.75 Å². The molecule has 0 saturated carbocycles. The number of hydrogen-bond acceptors (Lipinski definition) is 5. The van der Waals surface area contributed by atoms with E-state index in [1.165, 1.54) is 14.2 Å². The van der Waals surface area contributed by atoms with E-state index in [0.29, 0.717) is 0 Å². The Morgan fingerprint density at radius 1 is 1.53 bits per heavy atom. The molecule has 0 amide bonds. The van der Waals surface area contributed by atoms with Gasteiger partial charge in [0.15, 0.2) is 16.6 Å². The van der Waals surface area contributed by atoms with E-state index in [-0.39, 0.29) is 16.6 Å². The largest absolute Gasteiger partial charge is 0.490 e. The summed E-state index contributed by atoms with van der Waals surface area (Å²) in [5.74, 6) is 0.290. The summed E-state index contributed by atoms with van der Waals surface area (Å²) in [5.41, 5.74) is 5.42. The maximum Gasteiger partial charge on any atom is 0.405 e. The highest BCUT2D eigenvalue weighted by Gasteiger charge is 2.31. The molecule has 0 radical (unpaired) electrons. The van der Waals surface area contributed by atoms with E-state index in [9.17, 15) is 13.2 Å². The van der Waals surface area contributed by atoms with Crippen molar-refractivity contribution in [1.82, 2.24) is 4.37 Å². The van der Waals surface area contributed by atoms with Gasteiger partial charge in [0.2, 0.25) is 0 Å². The topological polar surface area (TPSA) is 51.4 Å². The van der Waals surface area contributed by atoms with E-state index in [1.807, 2.05) is 0 Å². The first-order valence-electron chi connectivity index (χ1n) is 3.92. The van der Waals surface area contributed by atoms with Crippen LogP contribution in [-0.2, 0) is 0 Å². The molecule has 0 atom stereocenters. The van der Waals surface area contributed by atoms with Crippen molar-refractivity contribution in [3.05, 3.63) is 0 Å². The molecule has 15 heavy (non-hydrogen) atoms. The SMILES string of the molecule is COc1c(N)nsc1N(C)CC(F)(F)F. The Hall–Kier alpha value is -1.18. The van der Waals surface area contributed by atoms with Gasteiger partial charge in [-0.1, -0.05) is 0 Å². The van der Waals surface area contributed by atoms with E-state index in [0.717, 1.165) is 16.4 Å². The van der Waals surface area contributed by atoms with Crippen molar-refractivity contribution in [1.29, 1.82) is 0 Å². The lowest BCUT2D eigenvalue weighted by Gasteiger charge is -2.19. The molecule has 8 heteroatoms. The van der Waals surface area contributed by atoms with Crippen LogP contribution >= 0.6 is 11.5 Å². The van der Waals surface area contributed by atoms with Gasteiger partial charge in [0.05, 0.1) is 7.11 Å². The molecule has 2 N–H and O–H groups in total. The fraction of sp³-hybridized carbons (Fsp3) is 0.571. The summed E-state index contributed by atoms with van der Waals surface area (Å²) in [6, 6.07) is 0. The van der Waals surface area contributed by atoms with Crippen LogP contribution in [0, 0.1) is 0 Å². The van der Waals surface area contributed by atoms with E-state index >= 15 is 0 Å². The summed E-state index contributed by atoms with van der Waals surface area (Å²) in [4.78, 5) is 1.01. The molecule has 1 heterocycles. The number of halogens is 3. The van der Waals surface area contributed by atoms with Crippen LogP contribution in [0.2, 0.25) is 0 Å². The molecule has 0 aliphatic rings. The third-order valence-corrected chi connectivity index (χ3v) is 2.58. The highest BCUT2D eigenvalue weighted by atomic mass is 32.1. The van der Waals surface area contributed by atoms with Gasteiger partial charge >= 0.3 is 6.18 Å². The summed E-state index contributed by atoms with van der Waals surface area (Å²) in [5, 5.41) is 0.271. The van der Waals surface area contributed by atoms with Crippen LogP contribution in [0.15, 0.2) is 0 Å². The number of hydrogen-bond donors (Lipinski definition) is 1. The minimum atomic E-state index is -4.27. The smallest absolute Gasteiger partial charge is 0.405 e. The molecule has 0 spiro atoms. The molecule has 0 aromatic carbocycles. The molecule has 0 unspecified atom stereocenters. The van der Waals surface area contributed by atoms with Crippen LogP contribution < -0.4 is 15.4 Å². The molecule has 1 aromatic heterocycles. The first-order chi connectivity index (χ1) is 6.85. The average molecular weight is 241 g/mol. The lowest BCUT2D eigenvalue weighted by Crippen LogP contribution is -2.30. The zero-order chi connectivity index (χ0) is 11.6. The summed E-state index contributed by atoms with van der Waals surface area (Å²) in [7, 11) is 2.65. The highest BCUT2D eigenvalue weighted by Crippen LogP contribution is 2.38. The number of nitrogens with two attached hydrogens (primary N) is 1. The number of anilines is 2. The number of nitrogens with zero attached hydrogens (tertiary/aromatic N) is 2. The second kappa shape index (κ2) is 4.13. The number of nitrogen functional groups attached to an aromatic ring is 1. The minimum absolute atomic E-state index is 0.103. The van der Waals surface area contributed by atoms with E-state index in [1.54, 1.807) is 0 Å². The average Bonchev–Trinajstić information content (AvgIpc) is 2.43. The molecule has 1 rings (SSSR count). The van der Waals surface area contributed by atoms with Crippen LogP contribution in [0.25, 0.3) is 0 Å². The zero-order valence-electron chi connectivity index (χ0n) is 8.13. The first-order valence-corrected chi connectivity index (χ1v) is 4.69. The lowest BCUT2D eigenvalue weighted by molar-refractivity contribution is -0.119. The quantitative estimate of drug-likeness (QED) is 0.875. The fourth-order valence-corrected chi connectivity index (χ4v) is 1.80. The van der Waals surface area contributed by atoms with E-state index < -0.39 is 12.7 Å². The maximum absolute atomic E-state index is 12.1. The minimum Gasteiger partial charge on any atom is -0.490 e. The number of alkyl halides is 3. The Morgan fingerprint density at radius 2 is 2.13 bits per heavy atom. The van der Waals surface area contributed by atoms with Crippen LogP contribution in [-0.4, -0.2) is 31.3 Å². The maximum atomic E-state index is 12.1. The Labute approximate surface area is 88.6 Å². The van der Waals surface area contributed by atoms with Crippen molar-refractivity contribution in [3.8, 4) is 5.75 Å². The van der Waals surface area contributed by atoms with Crippen molar-refractivity contribution in [2.75, 3.05) is 31.3 Å². The van der Waals surface area contributed by atoms with E-state index in [4.69, 9.17) is 10.5 Å². The molecule has 0 bridgehead atoms. The van der Waals surface area contributed by atoms with Crippen molar-refractivity contribution < 1.29 is 17.9 Å². The summed E-state index contributed by atoms with van der Waals surface area (Å²) in [6.07, 6.45) is -4.27. The Morgan fingerprint density at radius 3 is 2.60 bits per heavy atom. The second-order valence-electron chi connectivity index (χ2n) is 2.88. The molecular formula is C7H10F3N3OS. The summed E-state index contributed by atoms with van der Waals surface area (Å²) < 4.78 is 44.9. The predicted octanol–water partition coefficient (Wildman–Crippen LogP) is 1.73. The van der Waals surface area contributed by atoms with Gasteiger partial charge in [0, 0.05) is 7.05 Å². The monoisotopic (exact) mass is 241 g/mol. The molecule has 86 valence electrons. The predicted molar refractivity (Wildman–Crippen MR) is 52.4 cm³/mol. The van der Waals surface area contributed by atoms with Gasteiger partial charge in [-0.2, -0.15) is 17.5 Å². The van der Waals surface area contributed by atoms with Crippen molar-refractivity contribution in [3.63, 3.8) is 0 Å². The first kappa shape index (κ1) is 11.9. The van der Waals surface area contributed by atoms with Gasteiger partial charge < -0.3 is 15.4 Å². The molecular weight excluding hydrogens is 231 g/mol. The van der Waals surface area contributed by atoms with Crippen LogP contribution in [0.1, 0.15) is 0 Å². The Bertz CT molecular complexity index is 339. The second-order valence-corrected chi connectivity index (χ2v) is 3.63. The number of methoxy groups -OCH3 is 1. The Balaban J connectivity index is 2.86. The van der Waals surface area contributed by atoms with Crippen molar-refractivity contribution in [2.24, 2.45) is 0 Å². The van der Waals surface area contributed by atoms with Gasteiger partial charge in [-0.3, -0.25) is 0 Å². The van der Waals surface area contributed by atoms with Gasteiger partial charge in [0.1, 0.15) is 6.54 Å². The van der Waals surface area contributed by atoms with Crippen LogP contribution in [0.3, 0.4) is 0 Å². The third kappa shape index (κ3) is 2.88. The summed E-state index contributed by atoms with van der Waals surface area (Å²) >= 11 is 0.875. The zero-order valence-corrected chi connectivity index (χ0v) is 8.95. The Kier molecular flexibility index (Phi) is 3.28. The standard InChI is InChI=1S/C7H10F3N3OS/c1-13(3-7(8,9)10)6-4(14-2)5(11)12-15-6/h3H2,1-2H3,(H2,11,12). The summed E-state index contributed by atoms with van der Waals surface area (Å²) in [6.45, 7) is -1.06. The number of rotatable bonds is 3. The van der Waals surface area contributed by atoms with E-state index in [2.05, 4.69) is 4.37 Å². The number of ether oxygens (including phenoxy) is 1. The lowest BCUT2D eigenvalue weighted by atomic mass is 10.5. The van der Waals surface area contributed by atoms with Gasteiger partial charge in [-0.25, -0.2) is 0 Å². The van der Waals surface area contributed by atoms with Crippen molar-refractivity contribution in [2.45, 2.75) is 6.18 Å². The van der Waals surface area contributed by atoms with Crippen molar-refractivity contribution >= 4 is 22.4 Å². The highest BCUT2D eigenvalue weighted by molar-refractivity contribution is 7.11. The third-order valence-electron chi connectivity index (χ3n) is 1.62. The molecule has 1 aromatic rings. The molecule has 4 nitrogen and oxygen atoms in total. The van der Waals surface area contributed by atoms with Gasteiger partial charge in [0.25, 0.3) is 0 Å². The van der Waals surface area contributed by atoms with Gasteiger partial charge in [-0.15, -0.1) is 0 Å².